The first kappa shape index (κ1) is 14.2. The molecular formula is C12H15BrN2O4. The van der Waals surface area contributed by atoms with Gasteiger partial charge in [0.25, 0.3) is 5.56 Å². The van der Waals surface area contributed by atoms with Crippen LogP contribution in [0.1, 0.15) is 12.0 Å². The molecule has 3 unspecified atom stereocenters. The van der Waals surface area contributed by atoms with Crippen LogP contribution in [0.3, 0.4) is 0 Å². The molecule has 1 heterocycles. The van der Waals surface area contributed by atoms with E-state index in [0.29, 0.717) is 12.0 Å². The third-order valence-corrected chi connectivity index (χ3v) is 3.62. The van der Waals surface area contributed by atoms with Crippen LogP contribution >= 0.6 is 15.9 Å². The minimum Gasteiger partial charge on any atom is -0.396 e. The molecule has 0 bridgehead atoms. The SMILES string of the molecule is O=c1[nH]c(=O)n(CC(CO)C2CC2O)cc1/C=C/Br. The second-order valence-electron chi connectivity index (χ2n) is 4.70. The van der Waals surface area contributed by atoms with Crippen molar-refractivity contribution >= 4 is 22.0 Å². The number of aromatic nitrogens is 2. The van der Waals surface area contributed by atoms with Crippen molar-refractivity contribution in [2.75, 3.05) is 6.61 Å². The van der Waals surface area contributed by atoms with Crippen LogP contribution in [0.25, 0.3) is 6.08 Å². The molecule has 1 aromatic rings. The van der Waals surface area contributed by atoms with Crippen LogP contribution in [0.4, 0.5) is 0 Å². The molecule has 0 saturated heterocycles. The van der Waals surface area contributed by atoms with E-state index in [2.05, 4.69) is 20.9 Å². The topological polar surface area (TPSA) is 95.3 Å². The van der Waals surface area contributed by atoms with Gasteiger partial charge in [0, 0.05) is 25.3 Å². The Labute approximate surface area is 117 Å². The fourth-order valence-electron chi connectivity index (χ4n) is 2.14. The number of aliphatic hydroxyl groups excluding tert-OH is 2. The van der Waals surface area contributed by atoms with Gasteiger partial charge >= 0.3 is 5.69 Å². The highest BCUT2D eigenvalue weighted by Gasteiger charge is 2.41. The Balaban J connectivity index is 2.26. The van der Waals surface area contributed by atoms with Crippen molar-refractivity contribution in [3.8, 4) is 0 Å². The Morgan fingerprint density at radius 2 is 2.26 bits per heavy atom. The summed E-state index contributed by atoms with van der Waals surface area (Å²) in [6, 6.07) is 0. The highest BCUT2D eigenvalue weighted by Crippen LogP contribution is 2.37. The van der Waals surface area contributed by atoms with Crippen LogP contribution in [0.15, 0.2) is 20.8 Å². The van der Waals surface area contributed by atoms with E-state index in [1.807, 2.05) is 0 Å². The summed E-state index contributed by atoms with van der Waals surface area (Å²) in [7, 11) is 0. The zero-order chi connectivity index (χ0) is 14.0. The summed E-state index contributed by atoms with van der Waals surface area (Å²) in [6.07, 6.45) is 3.25. The Bertz CT molecular complexity index is 592. The molecule has 0 radical (unpaired) electrons. The van der Waals surface area contributed by atoms with Gasteiger partial charge in [-0.3, -0.25) is 14.3 Å². The van der Waals surface area contributed by atoms with Gasteiger partial charge < -0.3 is 10.2 Å². The molecule has 1 aliphatic carbocycles. The van der Waals surface area contributed by atoms with Crippen LogP contribution in [-0.4, -0.2) is 32.5 Å². The van der Waals surface area contributed by atoms with Gasteiger partial charge in [-0.05, 0) is 23.4 Å². The third kappa shape index (κ3) is 3.23. The molecule has 0 aromatic carbocycles. The van der Waals surface area contributed by atoms with Crippen molar-refractivity contribution in [3.05, 3.63) is 37.6 Å². The van der Waals surface area contributed by atoms with E-state index in [9.17, 15) is 19.8 Å². The van der Waals surface area contributed by atoms with E-state index < -0.39 is 17.4 Å². The normalized spacial score (nSPS) is 23.7. The smallest absolute Gasteiger partial charge is 0.328 e. The van der Waals surface area contributed by atoms with E-state index in [0.717, 1.165) is 0 Å². The van der Waals surface area contributed by atoms with Gasteiger partial charge in [0.1, 0.15) is 0 Å². The minimum atomic E-state index is -0.509. The Hall–Kier alpha value is -1.18. The largest absolute Gasteiger partial charge is 0.396 e. The number of halogens is 1. The molecule has 7 heteroatoms. The molecule has 1 fully saturated rings. The number of rotatable bonds is 5. The summed E-state index contributed by atoms with van der Waals surface area (Å²) in [5, 5.41) is 18.7. The zero-order valence-electron chi connectivity index (χ0n) is 10.1. The van der Waals surface area contributed by atoms with Gasteiger partial charge in [0.05, 0.1) is 11.7 Å². The van der Waals surface area contributed by atoms with Gasteiger partial charge in [-0.25, -0.2) is 4.79 Å². The lowest BCUT2D eigenvalue weighted by Gasteiger charge is -2.15. The molecular weight excluding hydrogens is 316 g/mol. The van der Waals surface area contributed by atoms with Crippen LogP contribution in [0, 0.1) is 11.8 Å². The monoisotopic (exact) mass is 330 g/mol. The van der Waals surface area contributed by atoms with E-state index in [1.165, 1.54) is 21.8 Å². The average Bonchev–Trinajstić information content (AvgIpc) is 3.08. The molecule has 3 N–H and O–H groups in total. The van der Waals surface area contributed by atoms with Crippen molar-refractivity contribution in [3.63, 3.8) is 0 Å². The van der Waals surface area contributed by atoms with Crippen molar-refractivity contribution in [1.29, 1.82) is 0 Å². The maximum absolute atomic E-state index is 11.7. The lowest BCUT2D eigenvalue weighted by molar-refractivity contribution is 0.161. The van der Waals surface area contributed by atoms with Crippen LogP contribution in [0.2, 0.25) is 0 Å². The van der Waals surface area contributed by atoms with Crippen molar-refractivity contribution < 1.29 is 10.2 Å². The highest BCUT2D eigenvalue weighted by atomic mass is 79.9. The number of aromatic amines is 1. The number of nitrogens with zero attached hydrogens (tertiary/aromatic N) is 1. The number of H-pyrrole nitrogens is 1. The molecule has 0 amide bonds. The van der Waals surface area contributed by atoms with Crippen molar-refractivity contribution in [2.24, 2.45) is 11.8 Å². The minimum absolute atomic E-state index is 0.0268. The summed E-state index contributed by atoms with van der Waals surface area (Å²) in [4.78, 5) is 27.0. The van der Waals surface area contributed by atoms with Gasteiger partial charge in [0.15, 0.2) is 0 Å². The second kappa shape index (κ2) is 5.85. The maximum atomic E-state index is 11.7. The fourth-order valence-corrected chi connectivity index (χ4v) is 2.42. The number of hydrogen-bond donors (Lipinski definition) is 3. The molecule has 2 rings (SSSR count). The predicted octanol–water partition coefficient (Wildman–Crippen LogP) is -0.108. The zero-order valence-corrected chi connectivity index (χ0v) is 11.7. The average molecular weight is 331 g/mol. The van der Waals surface area contributed by atoms with E-state index in [1.54, 1.807) is 0 Å². The fraction of sp³-hybridized carbons (Fsp3) is 0.500. The van der Waals surface area contributed by atoms with Gasteiger partial charge in [0.2, 0.25) is 0 Å². The van der Waals surface area contributed by atoms with E-state index in [4.69, 9.17) is 0 Å². The molecule has 19 heavy (non-hydrogen) atoms. The molecule has 1 aromatic heterocycles. The molecule has 1 saturated carbocycles. The number of aliphatic hydroxyl groups is 2. The maximum Gasteiger partial charge on any atom is 0.328 e. The molecule has 104 valence electrons. The summed E-state index contributed by atoms with van der Waals surface area (Å²) >= 11 is 3.08. The summed E-state index contributed by atoms with van der Waals surface area (Å²) in [5.41, 5.74) is -0.612. The highest BCUT2D eigenvalue weighted by molar-refractivity contribution is 9.11. The Morgan fingerprint density at radius 1 is 1.58 bits per heavy atom. The Morgan fingerprint density at radius 3 is 2.79 bits per heavy atom. The first-order chi connectivity index (χ1) is 9.06. The lowest BCUT2D eigenvalue weighted by atomic mass is 10.1. The van der Waals surface area contributed by atoms with Gasteiger partial charge in [-0.1, -0.05) is 15.9 Å². The molecule has 1 aliphatic rings. The van der Waals surface area contributed by atoms with Crippen molar-refractivity contribution in [1.82, 2.24) is 9.55 Å². The van der Waals surface area contributed by atoms with Gasteiger partial charge in [-0.15, -0.1) is 0 Å². The number of hydrogen-bond acceptors (Lipinski definition) is 4. The summed E-state index contributed by atoms with van der Waals surface area (Å²) in [6.45, 7) is 0.174. The van der Waals surface area contributed by atoms with Crippen molar-refractivity contribution in [2.45, 2.75) is 19.1 Å². The third-order valence-electron chi connectivity index (χ3n) is 3.36. The first-order valence-electron chi connectivity index (χ1n) is 5.96. The molecule has 0 aliphatic heterocycles. The van der Waals surface area contributed by atoms with Gasteiger partial charge in [-0.2, -0.15) is 0 Å². The molecule has 6 nitrogen and oxygen atoms in total. The van der Waals surface area contributed by atoms with Crippen LogP contribution < -0.4 is 11.2 Å². The van der Waals surface area contributed by atoms with E-state index in [-0.39, 0.29) is 25.0 Å². The number of nitrogens with one attached hydrogen (secondary N) is 1. The standard InChI is InChI=1S/C12H15BrN2O4/c13-2-1-7-4-15(12(19)14-11(7)18)5-8(6-16)9-3-10(9)17/h1-2,4,8-10,16-17H,3,5-6H2,(H,14,18,19)/b2-1+. The molecule has 3 atom stereocenters. The molecule has 0 spiro atoms. The van der Waals surface area contributed by atoms with E-state index >= 15 is 0 Å². The second-order valence-corrected chi connectivity index (χ2v) is 5.23. The van der Waals surface area contributed by atoms with Crippen LogP contribution in [0.5, 0.6) is 0 Å². The predicted molar refractivity (Wildman–Crippen MR) is 74.0 cm³/mol. The summed E-state index contributed by atoms with van der Waals surface area (Å²) in [5.74, 6) is -0.154. The van der Waals surface area contributed by atoms with Crippen LogP contribution in [-0.2, 0) is 6.54 Å². The lowest BCUT2D eigenvalue weighted by Crippen LogP contribution is -2.34. The quantitative estimate of drug-likeness (QED) is 0.702. The summed E-state index contributed by atoms with van der Waals surface area (Å²) < 4.78 is 1.36. The first-order valence-corrected chi connectivity index (χ1v) is 6.87. The Kier molecular flexibility index (Phi) is 4.38.